The third-order valence-electron chi connectivity index (χ3n) is 2.26. The van der Waals surface area contributed by atoms with E-state index in [1.165, 1.54) is 13.0 Å². The molecule has 1 aromatic carbocycles. The number of rotatable bonds is 2. The number of aromatic hydroxyl groups is 1. The first-order valence-electron chi connectivity index (χ1n) is 4.42. The van der Waals surface area contributed by atoms with Crippen LogP contribution in [0.4, 0.5) is 13.2 Å². The van der Waals surface area contributed by atoms with E-state index in [0.717, 1.165) is 6.07 Å². The molecule has 0 heterocycles. The number of benzene rings is 1. The molecule has 6 heteroatoms. The zero-order valence-corrected chi connectivity index (χ0v) is 9.45. The Hall–Kier alpha value is -1.17. The summed E-state index contributed by atoms with van der Waals surface area (Å²) in [5, 5.41) is 7.22. The van der Waals surface area contributed by atoms with Gasteiger partial charge in [0.25, 0.3) is 0 Å². The lowest BCUT2D eigenvalue weighted by Gasteiger charge is -2.10. The SMILES string of the molecule is Cc1cc(C)c(C([S+]=O)C(F)(F)F)cc1O. The Kier molecular flexibility index (Phi) is 3.52. The summed E-state index contributed by atoms with van der Waals surface area (Å²) in [6.07, 6.45) is -4.61. The smallest absolute Gasteiger partial charge is 0.477 e. The summed E-state index contributed by atoms with van der Waals surface area (Å²) in [5.41, 5.74) is 0.648. The Morgan fingerprint density at radius 1 is 1.25 bits per heavy atom. The van der Waals surface area contributed by atoms with Crippen LogP contribution in [0.5, 0.6) is 5.75 Å². The van der Waals surface area contributed by atoms with E-state index in [9.17, 15) is 22.5 Å². The van der Waals surface area contributed by atoms with E-state index < -0.39 is 23.1 Å². The molecule has 0 fully saturated rings. The third kappa shape index (κ3) is 2.49. The number of hydrogen-bond acceptors (Lipinski definition) is 2. The maximum absolute atomic E-state index is 12.5. The van der Waals surface area contributed by atoms with Crippen molar-refractivity contribution in [3.8, 4) is 5.75 Å². The molecular formula is C10H10F3O2S+. The average Bonchev–Trinajstić information content (AvgIpc) is 2.12. The highest BCUT2D eigenvalue weighted by molar-refractivity contribution is 7.66. The molecule has 0 aliphatic carbocycles. The van der Waals surface area contributed by atoms with Crippen LogP contribution in [-0.4, -0.2) is 11.3 Å². The van der Waals surface area contributed by atoms with Gasteiger partial charge in [-0.05, 0) is 31.0 Å². The van der Waals surface area contributed by atoms with E-state index in [0.29, 0.717) is 11.1 Å². The highest BCUT2D eigenvalue weighted by atomic mass is 32.1. The van der Waals surface area contributed by atoms with Gasteiger partial charge in [0.1, 0.15) is 5.75 Å². The maximum atomic E-state index is 12.5. The Morgan fingerprint density at radius 2 is 1.81 bits per heavy atom. The first kappa shape index (κ1) is 12.9. The largest absolute Gasteiger partial charge is 0.508 e. The summed E-state index contributed by atoms with van der Waals surface area (Å²) in [7, 11) is 0. The average molecular weight is 251 g/mol. The van der Waals surface area contributed by atoms with Crippen LogP contribution < -0.4 is 0 Å². The van der Waals surface area contributed by atoms with Crippen LogP contribution in [0.3, 0.4) is 0 Å². The molecule has 1 aromatic rings. The quantitative estimate of drug-likeness (QED) is 0.820. The number of phenolic OH excluding ortho intramolecular Hbond substituents is 1. The Balaban J connectivity index is 3.31. The molecule has 0 aliphatic rings. The number of hydrogen-bond donors (Lipinski definition) is 1. The van der Waals surface area contributed by atoms with Crippen LogP contribution in [0.2, 0.25) is 0 Å². The second kappa shape index (κ2) is 4.37. The van der Waals surface area contributed by atoms with Crippen molar-refractivity contribution in [1.82, 2.24) is 0 Å². The molecular weight excluding hydrogens is 241 g/mol. The van der Waals surface area contributed by atoms with Crippen molar-refractivity contribution in [2.45, 2.75) is 25.3 Å². The minimum Gasteiger partial charge on any atom is -0.508 e. The summed E-state index contributed by atoms with van der Waals surface area (Å²) in [6.45, 7) is 3.07. The lowest BCUT2D eigenvalue weighted by Crippen LogP contribution is -2.20. The number of phenols is 1. The van der Waals surface area contributed by atoms with Crippen molar-refractivity contribution in [3.63, 3.8) is 0 Å². The summed E-state index contributed by atoms with van der Waals surface area (Å²) < 4.78 is 48.1. The van der Waals surface area contributed by atoms with Crippen LogP contribution in [0.15, 0.2) is 12.1 Å². The van der Waals surface area contributed by atoms with Crippen LogP contribution in [0.1, 0.15) is 21.9 Å². The third-order valence-corrected chi connectivity index (χ3v) is 2.97. The van der Waals surface area contributed by atoms with Gasteiger partial charge < -0.3 is 5.11 Å². The zero-order chi connectivity index (χ0) is 12.5. The van der Waals surface area contributed by atoms with E-state index in [2.05, 4.69) is 0 Å². The molecule has 1 rings (SSSR count). The van der Waals surface area contributed by atoms with Crippen LogP contribution in [0, 0.1) is 13.8 Å². The summed E-state index contributed by atoms with van der Waals surface area (Å²) in [6, 6.07) is 2.44. The van der Waals surface area contributed by atoms with Gasteiger partial charge in [-0.1, -0.05) is 6.07 Å². The molecule has 1 atom stereocenters. The first-order chi connectivity index (χ1) is 7.27. The summed E-state index contributed by atoms with van der Waals surface area (Å²) >= 11 is -0.527. The van der Waals surface area contributed by atoms with Gasteiger partial charge in [-0.2, -0.15) is 13.2 Å². The lowest BCUT2D eigenvalue weighted by atomic mass is 10.0. The Morgan fingerprint density at radius 3 is 2.25 bits per heavy atom. The second-order valence-corrected chi connectivity index (χ2v) is 4.18. The van der Waals surface area contributed by atoms with Gasteiger partial charge in [0.15, 0.2) is 0 Å². The van der Waals surface area contributed by atoms with Gasteiger partial charge >= 0.3 is 23.1 Å². The normalized spacial score (nSPS) is 13.6. The molecule has 2 nitrogen and oxygen atoms in total. The van der Waals surface area contributed by atoms with Crippen LogP contribution in [0.25, 0.3) is 0 Å². The molecule has 0 saturated heterocycles. The van der Waals surface area contributed by atoms with Gasteiger partial charge in [0.05, 0.1) is 0 Å². The maximum Gasteiger partial charge on any atom is 0.477 e. The minimum absolute atomic E-state index is 0.185. The molecule has 16 heavy (non-hydrogen) atoms. The molecule has 0 amide bonds. The molecule has 0 radical (unpaired) electrons. The number of halogens is 3. The van der Waals surface area contributed by atoms with Crippen molar-refractivity contribution in [2.24, 2.45) is 0 Å². The van der Waals surface area contributed by atoms with Gasteiger partial charge in [-0.3, -0.25) is 0 Å². The van der Waals surface area contributed by atoms with E-state index in [1.807, 2.05) is 0 Å². The Bertz CT molecular complexity index is 415. The molecule has 0 saturated carbocycles. The van der Waals surface area contributed by atoms with Gasteiger partial charge in [0.2, 0.25) is 0 Å². The predicted octanol–water partition coefficient (Wildman–Crippen LogP) is 3.04. The highest BCUT2D eigenvalue weighted by Crippen LogP contribution is 2.38. The highest BCUT2D eigenvalue weighted by Gasteiger charge is 2.52. The first-order valence-corrected chi connectivity index (χ1v) is 5.23. The summed E-state index contributed by atoms with van der Waals surface area (Å²) in [5.74, 6) is -0.232. The van der Waals surface area contributed by atoms with Crippen molar-refractivity contribution < 1.29 is 22.5 Å². The van der Waals surface area contributed by atoms with Gasteiger partial charge in [-0.25, -0.2) is 0 Å². The fourth-order valence-corrected chi connectivity index (χ4v) is 1.89. The van der Waals surface area contributed by atoms with E-state index in [-0.39, 0.29) is 11.3 Å². The standard InChI is InChI=1S/C10H9F3O2S/c1-5-3-6(2)8(14)4-7(5)9(16-15)10(11,12)13/h3-4,9H,1-2H3/p+1. The van der Waals surface area contributed by atoms with Crippen molar-refractivity contribution >= 4 is 11.7 Å². The van der Waals surface area contributed by atoms with Crippen molar-refractivity contribution in [2.75, 3.05) is 0 Å². The zero-order valence-electron chi connectivity index (χ0n) is 8.63. The number of aryl methyl sites for hydroxylation is 2. The fourth-order valence-electron chi connectivity index (χ4n) is 1.42. The lowest BCUT2D eigenvalue weighted by molar-refractivity contribution is -0.130. The van der Waals surface area contributed by atoms with Crippen LogP contribution in [-0.2, 0) is 15.9 Å². The van der Waals surface area contributed by atoms with E-state index >= 15 is 0 Å². The molecule has 0 aliphatic heterocycles. The fraction of sp³-hybridized carbons (Fsp3) is 0.400. The van der Waals surface area contributed by atoms with Crippen molar-refractivity contribution in [1.29, 1.82) is 0 Å². The minimum atomic E-state index is -4.61. The van der Waals surface area contributed by atoms with E-state index in [4.69, 9.17) is 0 Å². The molecule has 0 bridgehead atoms. The second-order valence-electron chi connectivity index (χ2n) is 3.51. The van der Waals surface area contributed by atoms with Gasteiger partial charge in [0, 0.05) is 9.77 Å². The van der Waals surface area contributed by atoms with Crippen LogP contribution >= 0.6 is 0 Å². The van der Waals surface area contributed by atoms with Crippen molar-refractivity contribution in [3.05, 3.63) is 28.8 Å². The van der Waals surface area contributed by atoms with Gasteiger partial charge in [-0.15, -0.1) is 0 Å². The topological polar surface area (TPSA) is 37.3 Å². The van der Waals surface area contributed by atoms with E-state index in [1.54, 1.807) is 6.92 Å². The predicted molar refractivity (Wildman–Crippen MR) is 54.4 cm³/mol. The number of alkyl halides is 3. The molecule has 0 aromatic heterocycles. The molecule has 0 spiro atoms. The molecule has 1 unspecified atom stereocenters. The Labute approximate surface area is 94.6 Å². The molecule has 88 valence electrons. The monoisotopic (exact) mass is 251 g/mol. The summed E-state index contributed by atoms with van der Waals surface area (Å²) in [4.78, 5) is 0. The molecule has 1 N–H and O–H groups in total.